The van der Waals surface area contributed by atoms with E-state index in [1.807, 2.05) is 37.3 Å². The van der Waals surface area contributed by atoms with Crippen molar-refractivity contribution in [2.45, 2.75) is 24.8 Å². The summed E-state index contributed by atoms with van der Waals surface area (Å²) in [6.07, 6.45) is 0.223. The predicted molar refractivity (Wildman–Crippen MR) is 89.9 cm³/mol. The standard InChI is InChI=1S/C17H18N2O4S/c1-10-9-24-16-13(15(21)19(16)14(10)17(22)23-2)18-12(20)8-11-6-4-3-5-7-11/h3-7,13,16H,8-9H2,1-2H3,(H,18,20)/t13?,16-/m1/s1. The van der Waals surface area contributed by atoms with Crippen LogP contribution in [0.1, 0.15) is 12.5 Å². The maximum atomic E-state index is 12.4. The van der Waals surface area contributed by atoms with E-state index in [9.17, 15) is 14.4 Å². The zero-order chi connectivity index (χ0) is 17.3. The van der Waals surface area contributed by atoms with Crippen LogP contribution in [-0.2, 0) is 25.5 Å². The molecular formula is C17H18N2O4S. The Morgan fingerprint density at radius 1 is 1.33 bits per heavy atom. The number of β-lactam (4-membered cyclic amide) rings is 1. The zero-order valence-electron chi connectivity index (χ0n) is 13.4. The third-order valence-corrected chi connectivity index (χ3v) is 5.49. The molecule has 2 aliphatic heterocycles. The molecule has 0 aliphatic carbocycles. The normalized spacial score (nSPS) is 22.6. The van der Waals surface area contributed by atoms with Gasteiger partial charge in [0.25, 0.3) is 5.91 Å². The lowest BCUT2D eigenvalue weighted by atomic mass is 10.0. The van der Waals surface area contributed by atoms with Gasteiger partial charge in [0.15, 0.2) is 0 Å². The van der Waals surface area contributed by atoms with Gasteiger partial charge in [0.05, 0.1) is 13.5 Å². The molecule has 0 bridgehead atoms. The van der Waals surface area contributed by atoms with Gasteiger partial charge < -0.3 is 10.1 Å². The molecule has 126 valence electrons. The highest BCUT2D eigenvalue weighted by Gasteiger charge is 2.53. The second kappa shape index (κ2) is 6.68. The Morgan fingerprint density at radius 2 is 2.04 bits per heavy atom. The van der Waals surface area contributed by atoms with Gasteiger partial charge in [-0.15, -0.1) is 11.8 Å². The lowest BCUT2D eigenvalue weighted by molar-refractivity contribution is -0.151. The van der Waals surface area contributed by atoms with Crippen molar-refractivity contribution in [3.63, 3.8) is 0 Å². The maximum absolute atomic E-state index is 12.4. The first kappa shape index (κ1) is 16.6. The number of carbonyl (C=O) groups is 3. The molecule has 3 rings (SSSR count). The van der Waals surface area contributed by atoms with Gasteiger partial charge in [-0.25, -0.2) is 4.79 Å². The fourth-order valence-corrected chi connectivity index (χ4v) is 4.16. The summed E-state index contributed by atoms with van der Waals surface area (Å²) in [7, 11) is 1.29. The van der Waals surface area contributed by atoms with E-state index in [1.165, 1.54) is 23.8 Å². The molecule has 0 saturated carbocycles. The van der Waals surface area contributed by atoms with E-state index in [2.05, 4.69) is 5.32 Å². The number of thioether (sulfide) groups is 1. The second-order valence-electron chi connectivity index (χ2n) is 5.74. The van der Waals surface area contributed by atoms with E-state index in [0.29, 0.717) is 11.4 Å². The zero-order valence-corrected chi connectivity index (χ0v) is 14.3. The number of hydrogen-bond donors (Lipinski definition) is 1. The predicted octanol–water partition coefficient (Wildman–Crippen LogP) is 1.08. The van der Waals surface area contributed by atoms with Gasteiger partial charge >= 0.3 is 5.97 Å². The molecule has 24 heavy (non-hydrogen) atoms. The highest BCUT2D eigenvalue weighted by atomic mass is 32.2. The number of benzene rings is 1. The number of carbonyl (C=O) groups excluding carboxylic acids is 3. The average Bonchev–Trinajstić information content (AvgIpc) is 2.59. The van der Waals surface area contributed by atoms with Crippen LogP contribution in [-0.4, -0.2) is 47.0 Å². The number of amides is 2. The molecule has 0 aromatic heterocycles. The topological polar surface area (TPSA) is 75.7 Å². The molecule has 2 amide bonds. The number of hydrogen-bond acceptors (Lipinski definition) is 5. The Hall–Kier alpha value is -2.28. The molecule has 1 aromatic carbocycles. The first-order valence-corrected chi connectivity index (χ1v) is 8.64. The number of esters is 1. The van der Waals surface area contributed by atoms with Gasteiger partial charge in [-0.05, 0) is 18.1 Å². The minimum atomic E-state index is -0.598. The number of methoxy groups -OCH3 is 1. The van der Waals surface area contributed by atoms with Crippen LogP contribution >= 0.6 is 11.8 Å². The Bertz CT molecular complexity index is 717. The molecule has 7 heteroatoms. The summed E-state index contributed by atoms with van der Waals surface area (Å²) in [5.41, 5.74) is 2.01. The van der Waals surface area contributed by atoms with Gasteiger partial charge in [-0.2, -0.15) is 0 Å². The van der Waals surface area contributed by atoms with Crippen molar-refractivity contribution in [2.75, 3.05) is 12.9 Å². The summed E-state index contributed by atoms with van der Waals surface area (Å²) in [5, 5.41) is 2.53. The summed E-state index contributed by atoms with van der Waals surface area (Å²) >= 11 is 1.54. The molecule has 2 atom stereocenters. The minimum absolute atomic E-state index is 0.203. The van der Waals surface area contributed by atoms with Crippen molar-refractivity contribution in [3.8, 4) is 0 Å². The highest BCUT2D eigenvalue weighted by molar-refractivity contribution is 8.00. The lowest BCUT2D eigenvalue weighted by Gasteiger charge is -2.49. The first-order chi connectivity index (χ1) is 11.5. The molecule has 1 fully saturated rings. The summed E-state index contributed by atoms with van der Waals surface area (Å²) in [4.78, 5) is 37.9. The fourth-order valence-electron chi connectivity index (χ4n) is 2.86. The summed E-state index contributed by atoms with van der Waals surface area (Å²) in [6.45, 7) is 1.81. The average molecular weight is 346 g/mol. The Kier molecular flexibility index (Phi) is 4.62. The lowest BCUT2D eigenvalue weighted by Crippen LogP contribution is -2.70. The van der Waals surface area contributed by atoms with E-state index in [1.54, 1.807) is 0 Å². The molecule has 0 radical (unpaired) electrons. The summed E-state index contributed by atoms with van der Waals surface area (Å²) in [6, 6.07) is 8.75. The van der Waals surface area contributed by atoms with E-state index in [-0.39, 0.29) is 23.6 Å². The molecule has 2 aliphatic rings. The monoisotopic (exact) mass is 346 g/mol. The van der Waals surface area contributed by atoms with Crippen LogP contribution in [0.4, 0.5) is 0 Å². The van der Waals surface area contributed by atoms with Crippen LogP contribution in [0, 0.1) is 0 Å². The van der Waals surface area contributed by atoms with Crippen molar-refractivity contribution >= 4 is 29.5 Å². The van der Waals surface area contributed by atoms with Crippen molar-refractivity contribution < 1.29 is 19.1 Å². The van der Waals surface area contributed by atoms with Gasteiger partial charge in [0, 0.05) is 5.75 Å². The van der Waals surface area contributed by atoms with Gasteiger partial charge in [-0.3, -0.25) is 14.5 Å². The Balaban J connectivity index is 1.67. The van der Waals surface area contributed by atoms with E-state index >= 15 is 0 Å². The number of nitrogens with zero attached hydrogens (tertiary/aromatic N) is 1. The third kappa shape index (κ3) is 2.91. The first-order valence-electron chi connectivity index (χ1n) is 7.59. The largest absolute Gasteiger partial charge is 0.464 e. The van der Waals surface area contributed by atoms with Crippen molar-refractivity contribution in [1.82, 2.24) is 10.2 Å². The SMILES string of the molecule is COC(=O)C1=C(C)CS[C@@H]2C(NC(=O)Cc3ccccc3)C(=O)N12. The molecular weight excluding hydrogens is 328 g/mol. The van der Waals surface area contributed by atoms with Crippen LogP contribution in [0.15, 0.2) is 41.6 Å². The third-order valence-electron chi connectivity index (χ3n) is 4.06. The molecule has 1 saturated heterocycles. The quantitative estimate of drug-likeness (QED) is 0.652. The van der Waals surface area contributed by atoms with Crippen molar-refractivity contribution in [1.29, 1.82) is 0 Å². The summed E-state index contributed by atoms with van der Waals surface area (Å²) < 4.78 is 4.77. The number of ether oxygens (including phenoxy) is 1. The van der Waals surface area contributed by atoms with Crippen LogP contribution in [0.5, 0.6) is 0 Å². The fraction of sp³-hybridized carbons (Fsp3) is 0.353. The van der Waals surface area contributed by atoms with Crippen molar-refractivity contribution in [3.05, 3.63) is 47.2 Å². The van der Waals surface area contributed by atoms with E-state index in [0.717, 1.165) is 11.1 Å². The molecule has 1 N–H and O–H groups in total. The van der Waals surface area contributed by atoms with Gasteiger partial charge in [0.2, 0.25) is 5.91 Å². The number of rotatable bonds is 4. The number of nitrogens with one attached hydrogen (secondary N) is 1. The highest BCUT2D eigenvalue weighted by Crippen LogP contribution is 2.40. The van der Waals surface area contributed by atoms with Gasteiger partial charge in [-0.1, -0.05) is 30.3 Å². The Labute approximate surface area is 144 Å². The second-order valence-corrected chi connectivity index (χ2v) is 6.84. The number of fused-ring (bicyclic) bond motifs is 1. The molecule has 2 heterocycles. The summed E-state index contributed by atoms with van der Waals surface area (Å²) in [5.74, 6) is -0.358. The minimum Gasteiger partial charge on any atom is -0.464 e. The molecule has 1 aromatic rings. The van der Waals surface area contributed by atoms with Gasteiger partial charge in [0.1, 0.15) is 17.1 Å². The molecule has 6 nitrogen and oxygen atoms in total. The van der Waals surface area contributed by atoms with Crippen LogP contribution in [0.3, 0.4) is 0 Å². The van der Waals surface area contributed by atoms with E-state index < -0.39 is 12.0 Å². The van der Waals surface area contributed by atoms with Crippen LogP contribution in [0.2, 0.25) is 0 Å². The molecule has 0 spiro atoms. The smallest absolute Gasteiger partial charge is 0.354 e. The van der Waals surface area contributed by atoms with Crippen LogP contribution < -0.4 is 5.32 Å². The Morgan fingerprint density at radius 3 is 2.71 bits per heavy atom. The maximum Gasteiger partial charge on any atom is 0.354 e. The molecule has 1 unspecified atom stereocenters. The van der Waals surface area contributed by atoms with E-state index in [4.69, 9.17) is 4.74 Å². The van der Waals surface area contributed by atoms with Crippen LogP contribution in [0.25, 0.3) is 0 Å². The van der Waals surface area contributed by atoms with Crippen molar-refractivity contribution in [2.24, 2.45) is 0 Å².